The third-order valence-electron chi connectivity index (χ3n) is 5.71. The van der Waals surface area contributed by atoms with Gasteiger partial charge in [0.15, 0.2) is 5.17 Å². The molecule has 0 N–H and O–H groups in total. The van der Waals surface area contributed by atoms with Crippen LogP contribution in [0.2, 0.25) is 5.02 Å². The zero-order valence-electron chi connectivity index (χ0n) is 16.4. The van der Waals surface area contributed by atoms with E-state index in [1.807, 2.05) is 54.4 Å². The number of halogens is 1. The fourth-order valence-electron chi connectivity index (χ4n) is 4.18. The first kappa shape index (κ1) is 18.8. The second-order valence-electron chi connectivity index (χ2n) is 7.50. The van der Waals surface area contributed by atoms with Crippen LogP contribution in [0.15, 0.2) is 64.1 Å². The van der Waals surface area contributed by atoms with E-state index >= 15 is 0 Å². The summed E-state index contributed by atoms with van der Waals surface area (Å²) in [4.78, 5) is 12.1. The Labute approximate surface area is 180 Å². The zero-order valence-corrected chi connectivity index (χ0v) is 18.0. The number of benzene rings is 1. The second-order valence-corrected chi connectivity index (χ2v) is 8.92. The minimum Gasteiger partial charge on any atom is -0.459 e. The number of nitrogens with zero attached hydrogens (tertiary/aromatic N) is 3. The van der Waals surface area contributed by atoms with Crippen molar-refractivity contribution in [2.45, 2.75) is 38.4 Å². The van der Waals surface area contributed by atoms with E-state index in [0.29, 0.717) is 11.1 Å². The van der Waals surface area contributed by atoms with Gasteiger partial charge in [-0.15, -0.1) is 0 Å². The highest BCUT2D eigenvalue weighted by molar-refractivity contribution is 8.14. The lowest BCUT2D eigenvalue weighted by Crippen LogP contribution is -2.35. The lowest BCUT2D eigenvalue weighted by atomic mass is 10.0. The van der Waals surface area contributed by atoms with Gasteiger partial charge in [-0.3, -0.25) is 4.98 Å². The van der Waals surface area contributed by atoms with Gasteiger partial charge in [0.25, 0.3) is 0 Å². The van der Waals surface area contributed by atoms with Crippen molar-refractivity contribution >= 4 is 28.5 Å². The van der Waals surface area contributed by atoms with E-state index in [9.17, 15) is 0 Å². The van der Waals surface area contributed by atoms with E-state index in [2.05, 4.69) is 35.9 Å². The third-order valence-corrected chi connectivity index (χ3v) is 7.07. The van der Waals surface area contributed by atoms with Gasteiger partial charge >= 0.3 is 0 Å². The molecule has 0 amide bonds. The van der Waals surface area contributed by atoms with Gasteiger partial charge in [-0.1, -0.05) is 42.4 Å². The Kier molecular flexibility index (Phi) is 4.88. The number of hydrogen-bond donors (Lipinski definition) is 0. The summed E-state index contributed by atoms with van der Waals surface area (Å²) >= 11 is 8.07. The van der Waals surface area contributed by atoms with Crippen LogP contribution >= 0.6 is 23.4 Å². The number of aliphatic imine (C=N–C) groups is 1. The quantitative estimate of drug-likeness (QED) is 0.495. The van der Waals surface area contributed by atoms with Crippen LogP contribution in [0.5, 0.6) is 0 Å². The molecule has 0 unspecified atom stereocenters. The average molecular weight is 424 g/mol. The molecule has 3 atom stereocenters. The normalized spacial score (nSPS) is 23.3. The molecule has 0 bridgehead atoms. The standard InChI is InChI=1S/C23H22ClN3OS/c1-3-16-13-29-23-26-21(18-6-4-5-11-25-18)22(27(16)23)20-10-9-19(28-20)17-12-15(24)8-7-14(17)2/h4-12,16,21-22H,3,13H2,1-2H3/t16-,21-,22-/m1/s1. The second kappa shape index (κ2) is 7.54. The third kappa shape index (κ3) is 3.26. The molecule has 5 rings (SSSR count). The molecule has 0 spiro atoms. The van der Waals surface area contributed by atoms with Crippen molar-refractivity contribution in [3.05, 3.63) is 76.8 Å². The summed E-state index contributed by atoms with van der Waals surface area (Å²) in [6.45, 7) is 4.31. The van der Waals surface area contributed by atoms with E-state index in [1.54, 1.807) is 0 Å². The summed E-state index contributed by atoms with van der Waals surface area (Å²) in [6, 6.07) is 16.5. The van der Waals surface area contributed by atoms with Gasteiger partial charge in [0, 0.05) is 28.6 Å². The summed E-state index contributed by atoms with van der Waals surface area (Å²) < 4.78 is 6.43. The average Bonchev–Trinajstić information content (AvgIpc) is 3.45. The zero-order chi connectivity index (χ0) is 20.0. The van der Waals surface area contributed by atoms with Gasteiger partial charge in [-0.2, -0.15) is 0 Å². The molecular formula is C23H22ClN3OS. The summed E-state index contributed by atoms with van der Waals surface area (Å²) in [5.41, 5.74) is 3.15. The van der Waals surface area contributed by atoms with Gasteiger partial charge in [0.05, 0.1) is 5.69 Å². The fraction of sp³-hybridized carbons (Fsp3) is 0.304. The SMILES string of the molecule is CC[C@@H]1CSC2=N[C@H](c3ccccn3)[C@@H](c3ccc(-c4cc(Cl)ccc4C)o3)N21. The summed E-state index contributed by atoms with van der Waals surface area (Å²) in [5, 5.41) is 1.82. The van der Waals surface area contributed by atoms with Crippen molar-refractivity contribution in [2.24, 2.45) is 4.99 Å². The van der Waals surface area contributed by atoms with Crippen LogP contribution < -0.4 is 0 Å². The number of aromatic nitrogens is 1. The number of aryl methyl sites for hydroxylation is 1. The Hall–Kier alpha value is -2.24. The predicted octanol–water partition coefficient (Wildman–Crippen LogP) is 6.28. The maximum Gasteiger partial charge on any atom is 0.161 e. The Morgan fingerprint density at radius 2 is 2.10 bits per heavy atom. The molecule has 1 fully saturated rings. The van der Waals surface area contributed by atoms with E-state index < -0.39 is 0 Å². The summed E-state index contributed by atoms with van der Waals surface area (Å²) in [7, 11) is 0. The van der Waals surface area contributed by atoms with Crippen molar-refractivity contribution in [3.63, 3.8) is 0 Å². The van der Waals surface area contributed by atoms with Crippen LogP contribution in [-0.4, -0.2) is 26.8 Å². The van der Waals surface area contributed by atoms with E-state index in [0.717, 1.165) is 45.7 Å². The highest BCUT2D eigenvalue weighted by atomic mass is 35.5. The first-order chi connectivity index (χ1) is 14.2. The maximum atomic E-state index is 6.43. The van der Waals surface area contributed by atoms with E-state index in [-0.39, 0.29) is 12.1 Å². The number of thioether (sulfide) groups is 1. The molecule has 29 heavy (non-hydrogen) atoms. The molecule has 4 heterocycles. The largest absolute Gasteiger partial charge is 0.459 e. The molecule has 0 aliphatic carbocycles. The van der Waals surface area contributed by atoms with Crippen LogP contribution in [0.25, 0.3) is 11.3 Å². The molecule has 0 radical (unpaired) electrons. The highest BCUT2D eigenvalue weighted by Gasteiger charge is 2.46. The summed E-state index contributed by atoms with van der Waals surface area (Å²) in [6.07, 6.45) is 2.92. The number of pyridine rings is 1. The van der Waals surface area contributed by atoms with E-state index in [4.69, 9.17) is 21.0 Å². The van der Waals surface area contributed by atoms with Crippen LogP contribution in [-0.2, 0) is 0 Å². The molecular weight excluding hydrogens is 402 g/mol. The van der Waals surface area contributed by atoms with Crippen LogP contribution in [0.1, 0.15) is 42.4 Å². The Balaban J connectivity index is 1.57. The highest BCUT2D eigenvalue weighted by Crippen LogP contribution is 2.49. The smallest absolute Gasteiger partial charge is 0.161 e. The van der Waals surface area contributed by atoms with Gasteiger partial charge in [0.2, 0.25) is 0 Å². The lowest BCUT2D eigenvalue weighted by molar-refractivity contribution is 0.226. The topological polar surface area (TPSA) is 41.6 Å². The van der Waals surface area contributed by atoms with Crippen LogP contribution in [0, 0.1) is 6.92 Å². The van der Waals surface area contributed by atoms with Gasteiger partial charge in [-0.25, -0.2) is 4.99 Å². The number of rotatable bonds is 4. The number of furan rings is 1. The molecule has 1 aromatic carbocycles. The Bertz CT molecular complexity index is 1060. The van der Waals surface area contributed by atoms with Crippen molar-refractivity contribution < 1.29 is 4.42 Å². The molecule has 2 aliphatic rings. The van der Waals surface area contributed by atoms with Crippen molar-refractivity contribution in [2.75, 3.05) is 5.75 Å². The number of hydrogen-bond acceptors (Lipinski definition) is 5. The molecule has 1 saturated heterocycles. The first-order valence-corrected chi connectivity index (χ1v) is 11.3. The molecule has 0 saturated carbocycles. The molecule has 2 aliphatic heterocycles. The first-order valence-electron chi connectivity index (χ1n) is 9.92. The van der Waals surface area contributed by atoms with Gasteiger partial charge < -0.3 is 9.32 Å². The number of fused-ring (bicyclic) bond motifs is 1. The van der Waals surface area contributed by atoms with Crippen molar-refractivity contribution in [3.8, 4) is 11.3 Å². The minimum absolute atomic E-state index is 0.0214. The van der Waals surface area contributed by atoms with Crippen LogP contribution in [0.4, 0.5) is 0 Å². The molecule has 6 heteroatoms. The predicted molar refractivity (Wildman–Crippen MR) is 119 cm³/mol. The lowest BCUT2D eigenvalue weighted by Gasteiger charge is -2.30. The molecule has 2 aromatic heterocycles. The molecule has 148 valence electrons. The number of amidine groups is 1. The van der Waals surface area contributed by atoms with Gasteiger partial charge in [0.1, 0.15) is 23.6 Å². The van der Waals surface area contributed by atoms with Crippen molar-refractivity contribution in [1.29, 1.82) is 0 Å². The van der Waals surface area contributed by atoms with Crippen LogP contribution in [0.3, 0.4) is 0 Å². The Morgan fingerprint density at radius 1 is 1.21 bits per heavy atom. The molecule has 4 nitrogen and oxygen atoms in total. The Morgan fingerprint density at radius 3 is 2.90 bits per heavy atom. The van der Waals surface area contributed by atoms with Gasteiger partial charge in [-0.05, 0) is 55.3 Å². The van der Waals surface area contributed by atoms with E-state index in [1.165, 1.54) is 0 Å². The summed E-state index contributed by atoms with van der Waals surface area (Å²) in [5.74, 6) is 2.84. The monoisotopic (exact) mass is 423 g/mol. The fourth-order valence-corrected chi connectivity index (χ4v) is 5.69. The maximum absolute atomic E-state index is 6.43. The molecule has 3 aromatic rings. The van der Waals surface area contributed by atoms with Crippen molar-refractivity contribution in [1.82, 2.24) is 9.88 Å². The minimum atomic E-state index is -0.0625.